The van der Waals surface area contributed by atoms with Crippen molar-refractivity contribution in [2.75, 3.05) is 12.3 Å². The van der Waals surface area contributed by atoms with Gasteiger partial charge in [-0.1, -0.05) is 0 Å². The predicted molar refractivity (Wildman–Crippen MR) is 78.3 cm³/mol. The molecule has 0 aliphatic carbocycles. The first-order valence-corrected chi connectivity index (χ1v) is 8.24. The van der Waals surface area contributed by atoms with E-state index in [0.717, 1.165) is 10.6 Å². The Hall–Kier alpha value is -1.64. The molecule has 1 aromatic carbocycles. The van der Waals surface area contributed by atoms with E-state index in [1.54, 1.807) is 16.8 Å². The predicted octanol–water partition coefficient (Wildman–Crippen LogP) is 1.30. The Labute approximate surface area is 121 Å². The third-order valence-corrected chi connectivity index (χ3v) is 4.65. The summed E-state index contributed by atoms with van der Waals surface area (Å²) in [5.74, 6) is 0.318. The summed E-state index contributed by atoms with van der Waals surface area (Å²) in [6, 6.07) is 4.15. The SMILES string of the molecule is Cc1ncsc1CCOc1cc(S(N)(=O)=O)ccc1N. The van der Waals surface area contributed by atoms with Crippen molar-refractivity contribution in [1.82, 2.24) is 4.98 Å². The maximum absolute atomic E-state index is 11.3. The van der Waals surface area contributed by atoms with E-state index in [4.69, 9.17) is 15.6 Å². The fraction of sp³-hybridized carbons (Fsp3) is 0.250. The summed E-state index contributed by atoms with van der Waals surface area (Å²) >= 11 is 1.56. The number of ether oxygens (including phenoxy) is 1. The lowest BCUT2D eigenvalue weighted by Gasteiger charge is -2.09. The van der Waals surface area contributed by atoms with Crippen molar-refractivity contribution in [2.45, 2.75) is 18.2 Å². The number of hydrogen-bond donors (Lipinski definition) is 2. The number of nitrogens with two attached hydrogens (primary N) is 2. The monoisotopic (exact) mass is 313 g/mol. The number of anilines is 1. The van der Waals surface area contributed by atoms with Crippen molar-refractivity contribution in [3.8, 4) is 5.75 Å². The van der Waals surface area contributed by atoms with Crippen LogP contribution in [-0.2, 0) is 16.4 Å². The van der Waals surface area contributed by atoms with E-state index < -0.39 is 10.0 Å². The quantitative estimate of drug-likeness (QED) is 0.809. The molecule has 2 aromatic rings. The van der Waals surface area contributed by atoms with Crippen LogP contribution in [0.4, 0.5) is 5.69 Å². The van der Waals surface area contributed by atoms with Gasteiger partial charge in [0.25, 0.3) is 0 Å². The van der Waals surface area contributed by atoms with Crippen LogP contribution in [0.2, 0.25) is 0 Å². The number of rotatable bonds is 5. The van der Waals surface area contributed by atoms with E-state index in [-0.39, 0.29) is 4.90 Å². The average Bonchev–Trinajstić information content (AvgIpc) is 2.76. The maximum atomic E-state index is 11.3. The second-order valence-electron chi connectivity index (χ2n) is 4.20. The minimum absolute atomic E-state index is 0.0179. The van der Waals surface area contributed by atoms with Crippen LogP contribution in [0, 0.1) is 6.92 Å². The number of benzene rings is 1. The Kier molecular flexibility index (Phi) is 4.26. The number of thiazole rings is 1. The first-order valence-electron chi connectivity index (χ1n) is 5.82. The molecule has 0 aliphatic rings. The molecule has 0 spiro atoms. The molecule has 1 aromatic heterocycles. The van der Waals surface area contributed by atoms with E-state index in [9.17, 15) is 8.42 Å². The summed E-state index contributed by atoms with van der Waals surface area (Å²) in [6.45, 7) is 2.32. The average molecular weight is 313 g/mol. The minimum Gasteiger partial charge on any atom is -0.491 e. The van der Waals surface area contributed by atoms with E-state index in [2.05, 4.69) is 4.98 Å². The molecule has 0 saturated heterocycles. The van der Waals surface area contributed by atoms with Crippen molar-refractivity contribution in [3.63, 3.8) is 0 Å². The molecule has 8 heteroatoms. The largest absolute Gasteiger partial charge is 0.491 e. The van der Waals surface area contributed by atoms with Crippen LogP contribution in [0.1, 0.15) is 10.6 Å². The molecule has 0 atom stereocenters. The summed E-state index contributed by atoms with van der Waals surface area (Å²) in [7, 11) is -3.76. The second-order valence-corrected chi connectivity index (χ2v) is 6.70. The molecule has 0 saturated carbocycles. The van der Waals surface area contributed by atoms with Gasteiger partial charge in [0.15, 0.2) is 0 Å². The lowest BCUT2D eigenvalue weighted by atomic mass is 10.3. The van der Waals surface area contributed by atoms with E-state index in [0.29, 0.717) is 24.5 Å². The number of nitrogens with zero attached hydrogens (tertiary/aromatic N) is 1. The van der Waals surface area contributed by atoms with Crippen molar-refractivity contribution < 1.29 is 13.2 Å². The van der Waals surface area contributed by atoms with Gasteiger partial charge in [0.2, 0.25) is 10.0 Å². The van der Waals surface area contributed by atoms with Gasteiger partial charge in [-0.2, -0.15) is 0 Å². The number of aromatic nitrogens is 1. The zero-order chi connectivity index (χ0) is 14.8. The molecule has 2 rings (SSSR count). The topological polar surface area (TPSA) is 108 Å². The third kappa shape index (κ3) is 3.47. The van der Waals surface area contributed by atoms with Crippen molar-refractivity contribution in [2.24, 2.45) is 5.14 Å². The molecular weight excluding hydrogens is 298 g/mol. The number of hydrogen-bond acceptors (Lipinski definition) is 6. The third-order valence-electron chi connectivity index (χ3n) is 2.75. The van der Waals surface area contributed by atoms with Crippen LogP contribution in [0.3, 0.4) is 0 Å². The van der Waals surface area contributed by atoms with Gasteiger partial charge in [-0.3, -0.25) is 0 Å². The Bertz CT molecular complexity index is 710. The van der Waals surface area contributed by atoms with Gasteiger partial charge in [0.05, 0.1) is 28.4 Å². The highest BCUT2D eigenvalue weighted by Gasteiger charge is 2.11. The molecule has 0 fully saturated rings. The zero-order valence-electron chi connectivity index (χ0n) is 10.9. The molecule has 0 aliphatic heterocycles. The Morgan fingerprint density at radius 3 is 2.75 bits per heavy atom. The number of sulfonamides is 1. The highest BCUT2D eigenvalue weighted by Crippen LogP contribution is 2.25. The van der Waals surface area contributed by atoms with Gasteiger partial charge in [-0.25, -0.2) is 18.5 Å². The fourth-order valence-corrected chi connectivity index (χ4v) is 2.93. The first kappa shape index (κ1) is 14.8. The summed E-state index contributed by atoms with van der Waals surface area (Å²) < 4.78 is 28.1. The van der Waals surface area contributed by atoms with Crippen LogP contribution < -0.4 is 15.6 Å². The molecule has 0 amide bonds. The molecule has 1 heterocycles. The molecule has 4 N–H and O–H groups in total. The number of nitrogen functional groups attached to an aromatic ring is 1. The van der Waals surface area contributed by atoms with Gasteiger partial charge in [0, 0.05) is 17.4 Å². The summed E-state index contributed by atoms with van der Waals surface area (Å²) in [4.78, 5) is 5.26. The maximum Gasteiger partial charge on any atom is 0.238 e. The van der Waals surface area contributed by atoms with Gasteiger partial charge in [-0.15, -0.1) is 11.3 Å². The van der Waals surface area contributed by atoms with Crippen LogP contribution in [0.25, 0.3) is 0 Å². The van der Waals surface area contributed by atoms with Crippen LogP contribution in [0.15, 0.2) is 28.6 Å². The first-order chi connectivity index (χ1) is 9.38. The molecule has 108 valence electrons. The summed E-state index contributed by atoms with van der Waals surface area (Å²) in [6.07, 6.45) is 0.690. The van der Waals surface area contributed by atoms with E-state index >= 15 is 0 Å². The van der Waals surface area contributed by atoms with Crippen molar-refractivity contribution in [1.29, 1.82) is 0 Å². The lowest BCUT2D eigenvalue weighted by molar-refractivity contribution is 0.323. The lowest BCUT2D eigenvalue weighted by Crippen LogP contribution is -2.13. The van der Waals surface area contributed by atoms with Crippen molar-refractivity contribution in [3.05, 3.63) is 34.3 Å². The van der Waals surface area contributed by atoms with E-state index in [1.165, 1.54) is 18.2 Å². The van der Waals surface area contributed by atoms with Crippen LogP contribution in [0.5, 0.6) is 5.75 Å². The van der Waals surface area contributed by atoms with Crippen LogP contribution >= 0.6 is 11.3 Å². The van der Waals surface area contributed by atoms with Crippen molar-refractivity contribution >= 4 is 27.0 Å². The zero-order valence-corrected chi connectivity index (χ0v) is 12.5. The highest BCUT2D eigenvalue weighted by atomic mass is 32.2. The van der Waals surface area contributed by atoms with Gasteiger partial charge in [-0.05, 0) is 19.1 Å². The molecule has 20 heavy (non-hydrogen) atoms. The van der Waals surface area contributed by atoms with Gasteiger partial charge in [0.1, 0.15) is 5.75 Å². The fourth-order valence-electron chi connectivity index (χ4n) is 1.64. The molecule has 0 unspecified atom stereocenters. The number of primary sulfonamides is 1. The van der Waals surface area contributed by atoms with Crippen LogP contribution in [-0.4, -0.2) is 20.0 Å². The summed E-state index contributed by atoms with van der Waals surface area (Å²) in [5.41, 5.74) is 8.88. The normalized spacial score (nSPS) is 11.5. The molecule has 0 radical (unpaired) electrons. The minimum atomic E-state index is -3.76. The highest BCUT2D eigenvalue weighted by molar-refractivity contribution is 7.89. The van der Waals surface area contributed by atoms with E-state index in [1.807, 2.05) is 6.92 Å². The Balaban J connectivity index is 2.08. The standard InChI is InChI=1S/C12H15N3O3S2/c1-8-12(19-7-15-8)4-5-18-11-6-9(20(14,16)17)2-3-10(11)13/h2-3,6-7H,4-5,13H2,1H3,(H2,14,16,17). The summed E-state index contributed by atoms with van der Waals surface area (Å²) in [5, 5.41) is 5.07. The van der Waals surface area contributed by atoms with Gasteiger partial charge < -0.3 is 10.5 Å². The molecular formula is C12H15N3O3S2. The smallest absolute Gasteiger partial charge is 0.238 e. The van der Waals surface area contributed by atoms with Gasteiger partial charge >= 0.3 is 0 Å². The second kappa shape index (κ2) is 5.78. The molecule has 6 nitrogen and oxygen atoms in total. The Morgan fingerprint density at radius 2 is 2.15 bits per heavy atom. The molecule has 0 bridgehead atoms. The number of aryl methyl sites for hydroxylation is 1. The Morgan fingerprint density at radius 1 is 1.40 bits per heavy atom.